The number of hydrogen-bond donors (Lipinski definition) is 1. The summed E-state index contributed by atoms with van der Waals surface area (Å²) in [6, 6.07) is 15.6. The summed E-state index contributed by atoms with van der Waals surface area (Å²) in [6.07, 6.45) is 0. The number of nitrogens with two attached hydrogens (primary N) is 1. The van der Waals surface area contributed by atoms with Crippen molar-refractivity contribution >= 4 is 11.6 Å². The van der Waals surface area contributed by atoms with Crippen LogP contribution in [0.5, 0.6) is 0 Å². The first-order chi connectivity index (χ1) is 8.75. The Hall–Kier alpha value is -2.29. The lowest BCUT2D eigenvalue weighted by Gasteiger charge is -2.15. The van der Waals surface area contributed by atoms with E-state index in [4.69, 9.17) is 5.73 Å². The molecule has 0 bridgehead atoms. The molecule has 0 unspecified atom stereocenters. The fourth-order valence-corrected chi connectivity index (χ4v) is 2.38. The monoisotopic (exact) mass is 238 g/mol. The molecule has 3 heteroatoms. The number of carbonyl (C=O) groups excluding carboxylic acids is 1. The van der Waals surface area contributed by atoms with Crippen molar-refractivity contribution in [3.63, 3.8) is 0 Å². The number of nitrogen functional groups attached to an aromatic ring is 1. The van der Waals surface area contributed by atoms with Crippen LogP contribution in [-0.2, 0) is 13.1 Å². The molecule has 0 atom stereocenters. The molecular weight excluding hydrogens is 224 g/mol. The van der Waals surface area contributed by atoms with E-state index in [0.29, 0.717) is 24.3 Å². The molecule has 90 valence electrons. The summed E-state index contributed by atoms with van der Waals surface area (Å²) in [4.78, 5) is 14.1. The van der Waals surface area contributed by atoms with Crippen LogP contribution in [0.3, 0.4) is 0 Å². The molecule has 1 aliphatic heterocycles. The molecular formula is C15H14N2O. The van der Waals surface area contributed by atoms with Gasteiger partial charge in [0, 0.05) is 18.8 Å². The van der Waals surface area contributed by atoms with Gasteiger partial charge in [0.15, 0.2) is 0 Å². The highest BCUT2D eigenvalue weighted by Gasteiger charge is 2.28. The van der Waals surface area contributed by atoms with Gasteiger partial charge >= 0.3 is 0 Å². The predicted octanol–water partition coefficient (Wildman–Crippen LogP) is 2.42. The number of fused-ring (bicyclic) bond motifs is 1. The van der Waals surface area contributed by atoms with Crippen LogP contribution in [0.15, 0.2) is 48.5 Å². The van der Waals surface area contributed by atoms with Gasteiger partial charge in [0.2, 0.25) is 0 Å². The fourth-order valence-electron chi connectivity index (χ4n) is 2.38. The van der Waals surface area contributed by atoms with Crippen molar-refractivity contribution in [2.45, 2.75) is 13.1 Å². The Morgan fingerprint density at radius 2 is 1.83 bits per heavy atom. The van der Waals surface area contributed by atoms with Crippen LogP contribution in [0.4, 0.5) is 5.69 Å². The van der Waals surface area contributed by atoms with Gasteiger partial charge in [0.05, 0.1) is 5.56 Å². The van der Waals surface area contributed by atoms with E-state index in [-0.39, 0.29) is 5.91 Å². The second kappa shape index (κ2) is 4.18. The van der Waals surface area contributed by atoms with E-state index < -0.39 is 0 Å². The largest absolute Gasteiger partial charge is 0.398 e. The third-order valence-corrected chi connectivity index (χ3v) is 3.26. The van der Waals surface area contributed by atoms with Gasteiger partial charge in [-0.15, -0.1) is 0 Å². The standard InChI is InChI=1S/C15H14N2O/c16-13-8-4-7-12-10-17(15(18)14(12)13)9-11-5-2-1-3-6-11/h1-8H,9-10,16H2. The summed E-state index contributed by atoms with van der Waals surface area (Å²) in [5.41, 5.74) is 9.28. The Labute approximate surface area is 106 Å². The van der Waals surface area contributed by atoms with E-state index >= 15 is 0 Å². The first-order valence-electron chi connectivity index (χ1n) is 5.96. The smallest absolute Gasteiger partial charge is 0.256 e. The number of amides is 1. The van der Waals surface area contributed by atoms with Crippen LogP contribution in [0.1, 0.15) is 21.5 Å². The third kappa shape index (κ3) is 1.74. The van der Waals surface area contributed by atoms with Crippen molar-refractivity contribution < 1.29 is 4.79 Å². The molecule has 0 saturated heterocycles. The number of anilines is 1. The van der Waals surface area contributed by atoms with Crippen LogP contribution >= 0.6 is 0 Å². The van der Waals surface area contributed by atoms with E-state index in [1.807, 2.05) is 47.4 Å². The van der Waals surface area contributed by atoms with Crippen molar-refractivity contribution in [3.8, 4) is 0 Å². The number of hydrogen-bond acceptors (Lipinski definition) is 2. The van der Waals surface area contributed by atoms with Crippen molar-refractivity contribution in [3.05, 3.63) is 65.2 Å². The first kappa shape index (κ1) is 10.8. The van der Waals surface area contributed by atoms with Gasteiger partial charge in [-0.3, -0.25) is 4.79 Å². The zero-order valence-electron chi connectivity index (χ0n) is 9.97. The van der Waals surface area contributed by atoms with Crippen molar-refractivity contribution in [2.24, 2.45) is 0 Å². The summed E-state index contributed by atoms with van der Waals surface area (Å²) in [5.74, 6) is 0.0342. The Morgan fingerprint density at radius 3 is 2.56 bits per heavy atom. The van der Waals surface area contributed by atoms with Gasteiger partial charge < -0.3 is 10.6 Å². The summed E-state index contributed by atoms with van der Waals surface area (Å²) >= 11 is 0. The second-order valence-electron chi connectivity index (χ2n) is 4.53. The molecule has 3 rings (SSSR count). The number of benzene rings is 2. The van der Waals surface area contributed by atoms with Crippen LogP contribution in [-0.4, -0.2) is 10.8 Å². The maximum atomic E-state index is 12.3. The Morgan fingerprint density at radius 1 is 1.06 bits per heavy atom. The van der Waals surface area contributed by atoms with Crippen molar-refractivity contribution in [2.75, 3.05) is 5.73 Å². The maximum absolute atomic E-state index is 12.3. The topological polar surface area (TPSA) is 46.3 Å². The molecule has 2 aromatic carbocycles. The Bertz CT molecular complexity index is 593. The highest BCUT2D eigenvalue weighted by molar-refractivity contribution is 6.02. The Kier molecular flexibility index (Phi) is 2.52. The van der Waals surface area contributed by atoms with E-state index in [0.717, 1.165) is 11.1 Å². The van der Waals surface area contributed by atoms with E-state index in [1.165, 1.54) is 0 Å². The molecule has 2 N–H and O–H groups in total. The van der Waals surface area contributed by atoms with Gasteiger partial charge in [-0.1, -0.05) is 42.5 Å². The molecule has 0 radical (unpaired) electrons. The molecule has 1 aliphatic rings. The summed E-state index contributed by atoms with van der Waals surface area (Å²) in [7, 11) is 0. The minimum Gasteiger partial charge on any atom is -0.398 e. The van der Waals surface area contributed by atoms with E-state index in [1.54, 1.807) is 6.07 Å². The number of rotatable bonds is 2. The average molecular weight is 238 g/mol. The van der Waals surface area contributed by atoms with E-state index in [9.17, 15) is 4.79 Å². The highest BCUT2D eigenvalue weighted by Crippen LogP contribution is 2.28. The molecule has 0 aliphatic carbocycles. The molecule has 18 heavy (non-hydrogen) atoms. The predicted molar refractivity (Wildman–Crippen MR) is 70.9 cm³/mol. The van der Waals surface area contributed by atoms with E-state index in [2.05, 4.69) is 0 Å². The molecule has 0 fully saturated rings. The molecule has 1 heterocycles. The third-order valence-electron chi connectivity index (χ3n) is 3.26. The average Bonchev–Trinajstić information content (AvgIpc) is 2.69. The normalized spacial score (nSPS) is 13.8. The molecule has 0 spiro atoms. The van der Waals surface area contributed by atoms with Crippen LogP contribution in [0.25, 0.3) is 0 Å². The zero-order valence-corrected chi connectivity index (χ0v) is 9.97. The fraction of sp³-hybridized carbons (Fsp3) is 0.133. The summed E-state index contributed by atoms with van der Waals surface area (Å²) in [5, 5.41) is 0. The lowest BCUT2D eigenvalue weighted by molar-refractivity contribution is 0.0767. The molecule has 0 saturated carbocycles. The van der Waals surface area contributed by atoms with Gasteiger partial charge in [0.1, 0.15) is 0 Å². The molecule has 0 aromatic heterocycles. The van der Waals surface area contributed by atoms with Crippen molar-refractivity contribution in [1.82, 2.24) is 4.90 Å². The minimum atomic E-state index is 0.0342. The Balaban J connectivity index is 1.87. The molecule has 3 nitrogen and oxygen atoms in total. The lowest BCUT2D eigenvalue weighted by Crippen LogP contribution is -2.23. The molecule has 2 aromatic rings. The quantitative estimate of drug-likeness (QED) is 0.817. The maximum Gasteiger partial charge on any atom is 0.256 e. The SMILES string of the molecule is Nc1cccc2c1C(=O)N(Cc1ccccc1)C2. The van der Waals surface area contributed by atoms with Crippen LogP contribution < -0.4 is 5.73 Å². The minimum absolute atomic E-state index is 0.0342. The second-order valence-corrected chi connectivity index (χ2v) is 4.53. The zero-order chi connectivity index (χ0) is 12.5. The van der Waals surface area contributed by atoms with Gasteiger partial charge in [-0.2, -0.15) is 0 Å². The summed E-state index contributed by atoms with van der Waals surface area (Å²) < 4.78 is 0. The summed E-state index contributed by atoms with van der Waals surface area (Å²) in [6.45, 7) is 1.28. The van der Waals surface area contributed by atoms with Crippen LogP contribution in [0, 0.1) is 0 Å². The highest BCUT2D eigenvalue weighted by atomic mass is 16.2. The van der Waals surface area contributed by atoms with Crippen LogP contribution in [0.2, 0.25) is 0 Å². The number of carbonyl (C=O) groups is 1. The van der Waals surface area contributed by atoms with Crippen molar-refractivity contribution in [1.29, 1.82) is 0 Å². The number of nitrogens with zero attached hydrogens (tertiary/aromatic N) is 1. The van der Waals surface area contributed by atoms with Gasteiger partial charge in [0.25, 0.3) is 5.91 Å². The lowest BCUT2D eigenvalue weighted by atomic mass is 10.1. The first-order valence-corrected chi connectivity index (χ1v) is 5.96. The van der Waals surface area contributed by atoms with Gasteiger partial charge in [-0.05, 0) is 17.2 Å². The molecule has 1 amide bonds. The van der Waals surface area contributed by atoms with Gasteiger partial charge in [-0.25, -0.2) is 0 Å².